The lowest BCUT2D eigenvalue weighted by Gasteiger charge is -2.12. The quantitative estimate of drug-likeness (QED) is 0.657. The lowest BCUT2D eigenvalue weighted by Crippen LogP contribution is -2.22. The van der Waals surface area contributed by atoms with E-state index in [1.165, 1.54) is 11.1 Å². The molecular formula is C18H23N3O2. The van der Waals surface area contributed by atoms with Crippen LogP contribution in [0.25, 0.3) is 0 Å². The fraction of sp³-hybridized carbons (Fsp3) is 0.278. The zero-order valence-corrected chi connectivity index (χ0v) is 14.0. The highest BCUT2D eigenvalue weighted by atomic mass is 16.5. The van der Waals surface area contributed by atoms with E-state index in [-0.39, 0.29) is 0 Å². The van der Waals surface area contributed by atoms with Gasteiger partial charge in [-0.1, -0.05) is 18.2 Å². The first-order valence-corrected chi connectivity index (χ1v) is 7.38. The molecule has 23 heavy (non-hydrogen) atoms. The first kappa shape index (κ1) is 16.7. The molecule has 0 saturated heterocycles. The maximum Gasteiger partial charge on any atom is 0.193 e. The summed E-state index contributed by atoms with van der Waals surface area (Å²) in [5.41, 5.74) is 10.2. The number of nitrogens with two attached hydrogens (primary N) is 1. The van der Waals surface area contributed by atoms with Crippen molar-refractivity contribution in [3.63, 3.8) is 0 Å². The van der Waals surface area contributed by atoms with E-state index in [1.807, 2.05) is 44.2 Å². The van der Waals surface area contributed by atoms with Crippen LogP contribution in [0.5, 0.6) is 11.5 Å². The highest BCUT2D eigenvalue weighted by Crippen LogP contribution is 2.31. The van der Waals surface area contributed by atoms with Gasteiger partial charge < -0.3 is 20.5 Å². The summed E-state index contributed by atoms with van der Waals surface area (Å²) < 4.78 is 10.7. The van der Waals surface area contributed by atoms with Gasteiger partial charge in [0.25, 0.3) is 0 Å². The van der Waals surface area contributed by atoms with Crippen LogP contribution in [0.4, 0.5) is 5.69 Å². The molecule has 0 unspecified atom stereocenters. The SMILES string of the molecule is COc1cccc(CN=C(N)Nc2cc(C)cc(C)c2)c1OC. The van der Waals surface area contributed by atoms with Crippen molar-refractivity contribution in [1.82, 2.24) is 0 Å². The maximum atomic E-state index is 5.98. The summed E-state index contributed by atoms with van der Waals surface area (Å²) in [6.45, 7) is 4.50. The molecule has 5 nitrogen and oxygen atoms in total. The minimum Gasteiger partial charge on any atom is -0.493 e. The molecule has 0 bridgehead atoms. The van der Waals surface area contributed by atoms with E-state index in [2.05, 4.69) is 16.4 Å². The molecule has 3 N–H and O–H groups in total. The maximum absolute atomic E-state index is 5.98. The molecule has 0 aliphatic rings. The van der Waals surface area contributed by atoms with Crippen molar-refractivity contribution in [3.8, 4) is 11.5 Å². The van der Waals surface area contributed by atoms with Gasteiger partial charge >= 0.3 is 0 Å². The van der Waals surface area contributed by atoms with E-state index < -0.39 is 0 Å². The molecule has 0 radical (unpaired) electrons. The second-order valence-electron chi connectivity index (χ2n) is 5.36. The number of aliphatic imine (C=N–C) groups is 1. The molecule has 0 saturated carbocycles. The van der Waals surface area contributed by atoms with Gasteiger partial charge in [0.2, 0.25) is 0 Å². The molecular weight excluding hydrogens is 290 g/mol. The van der Waals surface area contributed by atoms with E-state index in [9.17, 15) is 0 Å². The van der Waals surface area contributed by atoms with E-state index in [4.69, 9.17) is 15.2 Å². The number of aryl methyl sites for hydroxylation is 2. The van der Waals surface area contributed by atoms with Crippen LogP contribution in [0.3, 0.4) is 0 Å². The van der Waals surface area contributed by atoms with Crippen LogP contribution in [-0.2, 0) is 6.54 Å². The third-order valence-corrected chi connectivity index (χ3v) is 3.40. The molecule has 5 heteroatoms. The zero-order valence-electron chi connectivity index (χ0n) is 14.0. The largest absolute Gasteiger partial charge is 0.493 e. The van der Waals surface area contributed by atoms with Crippen LogP contribution >= 0.6 is 0 Å². The summed E-state index contributed by atoms with van der Waals surface area (Å²) in [6, 6.07) is 11.9. The van der Waals surface area contributed by atoms with Gasteiger partial charge in [-0.05, 0) is 43.2 Å². The Morgan fingerprint density at radius 2 is 1.78 bits per heavy atom. The van der Waals surface area contributed by atoms with Crippen molar-refractivity contribution < 1.29 is 9.47 Å². The van der Waals surface area contributed by atoms with Crippen LogP contribution < -0.4 is 20.5 Å². The van der Waals surface area contributed by atoms with E-state index in [1.54, 1.807) is 14.2 Å². The fourth-order valence-electron chi connectivity index (χ4n) is 2.48. The van der Waals surface area contributed by atoms with Crippen LogP contribution in [0.1, 0.15) is 16.7 Å². The van der Waals surface area contributed by atoms with Gasteiger partial charge in [-0.15, -0.1) is 0 Å². The number of nitrogens with zero attached hydrogens (tertiary/aromatic N) is 1. The van der Waals surface area contributed by atoms with Gasteiger partial charge in [0, 0.05) is 11.3 Å². The van der Waals surface area contributed by atoms with Gasteiger partial charge in [-0.2, -0.15) is 0 Å². The standard InChI is InChI=1S/C18H23N3O2/c1-12-8-13(2)10-15(9-12)21-18(19)20-11-14-6-5-7-16(22-3)17(14)23-4/h5-10H,11H2,1-4H3,(H3,19,20,21). The summed E-state index contributed by atoms with van der Waals surface area (Å²) in [6.07, 6.45) is 0. The number of nitrogens with one attached hydrogen (secondary N) is 1. The lowest BCUT2D eigenvalue weighted by atomic mass is 10.1. The molecule has 0 aromatic heterocycles. The normalized spacial score (nSPS) is 11.2. The van der Waals surface area contributed by atoms with E-state index in [0.29, 0.717) is 24.0 Å². The molecule has 122 valence electrons. The Balaban J connectivity index is 2.13. The van der Waals surface area contributed by atoms with Gasteiger partial charge in [0.1, 0.15) is 0 Å². The Morgan fingerprint density at radius 1 is 1.09 bits per heavy atom. The molecule has 0 aliphatic carbocycles. The van der Waals surface area contributed by atoms with Gasteiger partial charge in [0.15, 0.2) is 17.5 Å². The van der Waals surface area contributed by atoms with Crippen LogP contribution in [0.2, 0.25) is 0 Å². The number of anilines is 1. The molecule has 0 amide bonds. The number of ether oxygens (including phenoxy) is 2. The molecule has 0 fully saturated rings. The second kappa shape index (κ2) is 7.54. The summed E-state index contributed by atoms with van der Waals surface area (Å²) in [5.74, 6) is 1.72. The van der Waals surface area contributed by atoms with Crippen molar-refractivity contribution in [2.24, 2.45) is 10.7 Å². The highest BCUT2D eigenvalue weighted by Gasteiger charge is 2.08. The predicted octanol–water partition coefficient (Wildman–Crippen LogP) is 3.25. The zero-order chi connectivity index (χ0) is 16.8. The molecule has 0 aliphatic heterocycles. The second-order valence-corrected chi connectivity index (χ2v) is 5.36. The lowest BCUT2D eigenvalue weighted by molar-refractivity contribution is 0.352. The van der Waals surface area contributed by atoms with Crippen LogP contribution in [0.15, 0.2) is 41.4 Å². The molecule has 0 atom stereocenters. The van der Waals surface area contributed by atoms with Crippen molar-refractivity contribution in [3.05, 3.63) is 53.1 Å². The van der Waals surface area contributed by atoms with Crippen LogP contribution in [0, 0.1) is 13.8 Å². The number of hydrogen-bond donors (Lipinski definition) is 2. The van der Waals surface area contributed by atoms with Crippen molar-refractivity contribution in [2.45, 2.75) is 20.4 Å². The third kappa shape index (κ3) is 4.39. The minimum atomic E-state index is 0.361. The first-order valence-electron chi connectivity index (χ1n) is 7.38. The number of rotatable bonds is 5. The molecule has 0 heterocycles. The molecule has 2 rings (SSSR count). The molecule has 0 spiro atoms. The van der Waals surface area contributed by atoms with E-state index >= 15 is 0 Å². The number of benzene rings is 2. The first-order chi connectivity index (χ1) is 11.0. The van der Waals surface area contributed by atoms with Crippen molar-refractivity contribution in [1.29, 1.82) is 0 Å². The molecule has 2 aromatic carbocycles. The Hall–Kier alpha value is -2.69. The van der Waals surface area contributed by atoms with Crippen molar-refractivity contribution >= 4 is 11.6 Å². The summed E-state index contributed by atoms with van der Waals surface area (Å²) in [7, 11) is 3.23. The monoisotopic (exact) mass is 313 g/mol. The third-order valence-electron chi connectivity index (χ3n) is 3.40. The predicted molar refractivity (Wildman–Crippen MR) is 94.4 cm³/mol. The van der Waals surface area contributed by atoms with Crippen LogP contribution in [-0.4, -0.2) is 20.2 Å². The number of guanidine groups is 1. The Morgan fingerprint density at radius 3 is 2.39 bits per heavy atom. The van der Waals surface area contributed by atoms with Crippen molar-refractivity contribution in [2.75, 3.05) is 19.5 Å². The van der Waals surface area contributed by atoms with Gasteiger partial charge in [-0.3, -0.25) is 0 Å². The summed E-state index contributed by atoms with van der Waals surface area (Å²) >= 11 is 0. The average molecular weight is 313 g/mol. The van der Waals surface area contributed by atoms with Gasteiger partial charge in [-0.25, -0.2) is 4.99 Å². The number of hydrogen-bond acceptors (Lipinski definition) is 3. The molecule has 2 aromatic rings. The Bertz CT molecular complexity index is 691. The highest BCUT2D eigenvalue weighted by molar-refractivity contribution is 5.92. The van der Waals surface area contributed by atoms with Gasteiger partial charge in [0.05, 0.1) is 20.8 Å². The van der Waals surface area contributed by atoms with E-state index in [0.717, 1.165) is 11.3 Å². The number of para-hydroxylation sites is 1. The smallest absolute Gasteiger partial charge is 0.193 e. The minimum absolute atomic E-state index is 0.361. The average Bonchev–Trinajstić information content (AvgIpc) is 2.51. The summed E-state index contributed by atoms with van der Waals surface area (Å²) in [5, 5.41) is 3.12. The Kier molecular flexibility index (Phi) is 5.46. The number of methoxy groups -OCH3 is 2. The fourth-order valence-corrected chi connectivity index (χ4v) is 2.48. The Labute approximate surface area is 137 Å². The summed E-state index contributed by atoms with van der Waals surface area (Å²) in [4.78, 5) is 4.38. The topological polar surface area (TPSA) is 68.9 Å².